The van der Waals surface area contributed by atoms with E-state index < -0.39 is 17.5 Å². The van der Waals surface area contributed by atoms with Crippen LogP contribution in [0.4, 0.5) is 13.2 Å². The number of aldehydes is 1. The summed E-state index contributed by atoms with van der Waals surface area (Å²) in [4.78, 5) is 9.86. The van der Waals surface area contributed by atoms with Crippen LogP contribution in [0.5, 0.6) is 0 Å². The molecule has 0 fully saturated rings. The molecule has 0 radical (unpaired) electrons. The number of halogens is 3. The zero-order chi connectivity index (χ0) is 9.84. The van der Waals surface area contributed by atoms with E-state index in [2.05, 4.69) is 0 Å². The highest BCUT2D eigenvalue weighted by Gasteiger charge is 2.06. The zero-order valence-corrected chi connectivity index (χ0v) is 6.43. The smallest absolute Gasteiger partial charge is 0.161 e. The van der Waals surface area contributed by atoms with E-state index in [1.54, 1.807) is 0 Å². The van der Waals surface area contributed by atoms with E-state index in [0.717, 1.165) is 12.2 Å². The van der Waals surface area contributed by atoms with Gasteiger partial charge in [-0.25, -0.2) is 13.2 Å². The van der Waals surface area contributed by atoms with Crippen LogP contribution >= 0.6 is 0 Å². The number of rotatable bonds is 2. The summed E-state index contributed by atoms with van der Waals surface area (Å²) in [5.74, 6) is -3.30. The molecule has 0 saturated heterocycles. The number of hydrogen-bond acceptors (Lipinski definition) is 1. The fourth-order valence-electron chi connectivity index (χ4n) is 0.809. The van der Waals surface area contributed by atoms with Gasteiger partial charge in [-0.3, -0.25) is 4.79 Å². The average Bonchev–Trinajstić information content (AvgIpc) is 2.09. The summed E-state index contributed by atoms with van der Waals surface area (Å²) in [6, 6.07) is 1.12. The standard InChI is InChI=1S/C9H5F3O/c10-7-5-9(12)8(11)4-6(7)2-1-3-13/h1-5H. The lowest BCUT2D eigenvalue weighted by Crippen LogP contribution is -1.89. The predicted octanol–water partition coefficient (Wildman–Crippen LogP) is 2.32. The third-order valence-electron chi connectivity index (χ3n) is 1.39. The molecule has 1 aromatic rings. The highest BCUT2D eigenvalue weighted by molar-refractivity contribution is 5.73. The van der Waals surface area contributed by atoms with Crippen LogP contribution in [0.2, 0.25) is 0 Å². The molecule has 13 heavy (non-hydrogen) atoms. The highest BCUT2D eigenvalue weighted by Crippen LogP contribution is 2.14. The van der Waals surface area contributed by atoms with Crippen molar-refractivity contribution in [2.45, 2.75) is 0 Å². The van der Waals surface area contributed by atoms with Gasteiger partial charge in [-0.1, -0.05) is 0 Å². The first-order valence-corrected chi connectivity index (χ1v) is 3.41. The quantitative estimate of drug-likeness (QED) is 0.393. The summed E-state index contributed by atoms with van der Waals surface area (Å²) >= 11 is 0. The summed E-state index contributed by atoms with van der Waals surface area (Å²) in [7, 11) is 0. The van der Waals surface area contributed by atoms with Gasteiger partial charge in [0.05, 0.1) is 0 Å². The molecule has 68 valence electrons. The van der Waals surface area contributed by atoms with Gasteiger partial charge >= 0.3 is 0 Å². The Kier molecular flexibility index (Phi) is 2.84. The molecule has 1 rings (SSSR count). The molecule has 1 nitrogen and oxygen atoms in total. The Bertz CT molecular complexity index is 358. The minimum atomic E-state index is -1.25. The van der Waals surface area contributed by atoms with Crippen LogP contribution in [0.25, 0.3) is 6.08 Å². The fourth-order valence-corrected chi connectivity index (χ4v) is 0.809. The van der Waals surface area contributed by atoms with E-state index in [4.69, 9.17) is 0 Å². The second-order valence-corrected chi connectivity index (χ2v) is 2.28. The molecule has 0 aliphatic rings. The second-order valence-electron chi connectivity index (χ2n) is 2.28. The molecule has 1 aromatic carbocycles. The molecule has 0 heterocycles. The Morgan fingerprint density at radius 2 is 1.62 bits per heavy atom. The number of carbonyl (C=O) groups excluding carboxylic acids is 1. The zero-order valence-electron chi connectivity index (χ0n) is 6.43. The summed E-state index contributed by atoms with van der Waals surface area (Å²) in [6.07, 6.45) is 2.47. The van der Waals surface area contributed by atoms with Crippen molar-refractivity contribution in [3.05, 3.63) is 41.2 Å². The molecule has 0 spiro atoms. The van der Waals surface area contributed by atoms with Gasteiger partial charge in [0, 0.05) is 11.6 Å². The van der Waals surface area contributed by atoms with Crippen LogP contribution in [-0.2, 0) is 4.79 Å². The van der Waals surface area contributed by atoms with Crippen molar-refractivity contribution in [2.24, 2.45) is 0 Å². The van der Waals surface area contributed by atoms with Crippen molar-refractivity contribution in [3.63, 3.8) is 0 Å². The van der Waals surface area contributed by atoms with Gasteiger partial charge in [-0.15, -0.1) is 0 Å². The number of allylic oxidation sites excluding steroid dienone is 1. The minimum absolute atomic E-state index is 0.161. The van der Waals surface area contributed by atoms with Crippen molar-refractivity contribution in [2.75, 3.05) is 0 Å². The second kappa shape index (κ2) is 3.89. The molecule has 4 heteroatoms. The molecule has 0 saturated carbocycles. The Morgan fingerprint density at radius 1 is 1.00 bits per heavy atom. The molecule has 0 amide bonds. The molecule has 0 aliphatic heterocycles. The SMILES string of the molecule is O=CC=Cc1cc(F)c(F)cc1F. The van der Waals surface area contributed by atoms with Crippen LogP contribution < -0.4 is 0 Å². The predicted molar refractivity (Wildman–Crippen MR) is 41.4 cm³/mol. The van der Waals surface area contributed by atoms with E-state index in [1.807, 2.05) is 0 Å². The summed E-state index contributed by atoms with van der Waals surface area (Å²) in [5, 5.41) is 0. The maximum atomic E-state index is 12.8. The van der Waals surface area contributed by atoms with Crippen LogP contribution in [0.1, 0.15) is 5.56 Å². The average molecular weight is 186 g/mol. The summed E-state index contributed by atoms with van der Waals surface area (Å²) < 4.78 is 37.7. The van der Waals surface area contributed by atoms with Crippen LogP contribution in [-0.4, -0.2) is 6.29 Å². The van der Waals surface area contributed by atoms with Crippen molar-refractivity contribution < 1.29 is 18.0 Å². The van der Waals surface area contributed by atoms with Gasteiger partial charge in [-0.05, 0) is 18.2 Å². The maximum Gasteiger partial charge on any atom is 0.161 e. The fraction of sp³-hybridized carbons (Fsp3) is 0. The van der Waals surface area contributed by atoms with Crippen LogP contribution in [0.3, 0.4) is 0 Å². The monoisotopic (exact) mass is 186 g/mol. The first kappa shape index (κ1) is 9.51. The van der Waals surface area contributed by atoms with Gasteiger partial charge < -0.3 is 0 Å². The molecule has 0 N–H and O–H groups in total. The maximum absolute atomic E-state index is 12.8. The molecule has 0 unspecified atom stereocenters. The van der Waals surface area contributed by atoms with Gasteiger partial charge in [0.15, 0.2) is 11.6 Å². The highest BCUT2D eigenvalue weighted by atomic mass is 19.2. The summed E-state index contributed by atoms with van der Waals surface area (Å²) in [5.41, 5.74) is -0.161. The Labute approximate surface area is 72.5 Å². The van der Waals surface area contributed by atoms with E-state index in [0.29, 0.717) is 18.4 Å². The van der Waals surface area contributed by atoms with E-state index in [9.17, 15) is 18.0 Å². The van der Waals surface area contributed by atoms with Crippen molar-refractivity contribution >= 4 is 12.4 Å². The largest absolute Gasteiger partial charge is 0.299 e. The van der Waals surface area contributed by atoms with E-state index >= 15 is 0 Å². The Hall–Kier alpha value is -1.58. The van der Waals surface area contributed by atoms with Gasteiger partial charge in [-0.2, -0.15) is 0 Å². The molecule has 0 aromatic heterocycles. The topological polar surface area (TPSA) is 17.1 Å². The van der Waals surface area contributed by atoms with Crippen LogP contribution in [0, 0.1) is 17.5 Å². The lowest BCUT2D eigenvalue weighted by atomic mass is 10.2. The van der Waals surface area contributed by atoms with Crippen molar-refractivity contribution in [1.82, 2.24) is 0 Å². The molecule has 0 atom stereocenters. The number of benzene rings is 1. The Balaban J connectivity index is 3.15. The van der Waals surface area contributed by atoms with Crippen molar-refractivity contribution in [3.8, 4) is 0 Å². The van der Waals surface area contributed by atoms with E-state index in [1.165, 1.54) is 0 Å². The summed E-state index contributed by atoms with van der Waals surface area (Å²) in [6.45, 7) is 0. The molecule has 0 aliphatic carbocycles. The lowest BCUT2D eigenvalue weighted by Gasteiger charge is -1.97. The lowest BCUT2D eigenvalue weighted by molar-refractivity contribution is -0.104. The van der Waals surface area contributed by atoms with Crippen molar-refractivity contribution in [1.29, 1.82) is 0 Å². The molecular weight excluding hydrogens is 181 g/mol. The van der Waals surface area contributed by atoms with Crippen LogP contribution in [0.15, 0.2) is 18.2 Å². The minimum Gasteiger partial charge on any atom is -0.299 e. The Morgan fingerprint density at radius 3 is 2.23 bits per heavy atom. The first-order chi connectivity index (χ1) is 6.15. The van der Waals surface area contributed by atoms with Gasteiger partial charge in [0.2, 0.25) is 0 Å². The number of hydrogen-bond donors (Lipinski definition) is 0. The molecular formula is C9H5F3O. The third kappa shape index (κ3) is 2.18. The van der Waals surface area contributed by atoms with Gasteiger partial charge in [0.1, 0.15) is 12.1 Å². The third-order valence-corrected chi connectivity index (χ3v) is 1.39. The number of carbonyl (C=O) groups is 1. The van der Waals surface area contributed by atoms with E-state index in [-0.39, 0.29) is 5.56 Å². The first-order valence-electron chi connectivity index (χ1n) is 3.41. The molecule has 0 bridgehead atoms. The van der Waals surface area contributed by atoms with Gasteiger partial charge in [0.25, 0.3) is 0 Å². The normalized spacial score (nSPS) is 10.7.